The number of carbonyl (C=O) groups excluding carboxylic acids is 1. The minimum absolute atomic E-state index is 0.0269. The number of nitrogens with zero attached hydrogens (tertiary/aromatic N) is 1. The molecule has 0 aliphatic carbocycles. The predicted octanol–water partition coefficient (Wildman–Crippen LogP) is 1.74. The van der Waals surface area contributed by atoms with E-state index in [1.54, 1.807) is 12.0 Å². The first kappa shape index (κ1) is 16.2. The highest BCUT2D eigenvalue weighted by atomic mass is 16.5. The molecule has 0 atom stereocenters. The molecule has 0 spiro atoms. The van der Waals surface area contributed by atoms with Gasteiger partial charge in [-0.25, -0.2) is 4.79 Å². The van der Waals surface area contributed by atoms with Gasteiger partial charge < -0.3 is 25.0 Å². The van der Waals surface area contributed by atoms with Gasteiger partial charge in [0.2, 0.25) is 0 Å². The van der Waals surface area contributed by atoms with Crippen molar-refractivity contribution in [2.75, 3.05) is 33.4 Å². The average molecular weight is 305 g/mol. The molecule has 120 valence electrons. The molecule has 3 N–H and O–H groups in total. The van der Waals surface area contributed by atoms with Crippen LogP contribution in [0, 0.1) is 0 Å². The molecule has 0 saturated heterocycles. The summed E-state index contributed by atoms with van der Waals surface area (Å²) >= 11 is 0. The van der Waals surface area contributed by atoms with E-state index in [9.17, 15) is 4.79 Å². The number of likely N-dealkylation sites (N-methyl/N-ethyl adjacent to an activating group) is 1. The highest BCUT2D eigenvalue weighted by Crippen LogP contribution is 2.28. The van der Waals surface area contributed by atoms with Crippen molar-refractivity contribution in [3.63, 3.8) is 0 Å². The van der Waals surface area contributed by atoms with Gasteiger partial charge >= 0.3 is 6.03 Å². The molecule has 0 fully saturated rings. The number of hydrogen-bond acceptors (Lipinski definition) is 3. The van der Waals surface area contributed by atoms with Crippen LogP contribution in [0.1, 0.15) is 12.5 Å². The Morgan fingerprint density at radius 3 is 2.95 bits per heavy atom. The Kier molecular flexibility index (Phi) is 5.66. The minimum Gasteiger partial charge on any atom is -0.496 e. The molecule has 0 aliphatic heterocycles. The van der Waals surface area contributed by atoms with Crippen LogP contribution in [0.2, 0.25) is 0 Å². The monoisotopic (exact) mass is 305 g/mol. The van der Waals surface area contributed by atoms with Crippen molar-refractivity contribution in [2.24, 2.45) is 0 Å². The fraction of sp³-hybridized carbons (Fsp3) is 0.438. The largest absolute Gasteiger partial charge is 0.496 e. The molecule has 22 heavy (non-hydrogen) atoms. The summed E-state index contributed by atoms with van der Waals surface area (Å²) < 4.78 is 5.40. The fourth-order valence-corrected chi connectivity index (χ4v) is 2.53. The molecule has 2 rings (SSSR count). The maximum atomic E-state index is 12.0. The SMILES string of the molecule is CCN(CCO)C(=O)NCCc1c[nH]c2cccc(OC)c12. The number of aromatic nitrogens is 1. The van der Waals surface area contributed by atoms with Gasteiger partial charge in [0.25, 0.3) is 0 Å². The minimum atomic E-state index is -0.150. The summed E-state index contributed by atoms with van der Waals surface area (Å²) in [6.45, 7) is 3.32. The number of benzene rings is 1. The van der Waals surface area contributed by atoms with E-state index in [0.29, 0.717) is 26.1 Å². The number of ether oxygens (including phenoxy) is 1. The van der Waals surface area contributed by atoms with Gasteiger partial charge in [-0.1, -0.05) is 6.07 Å². The number of H-pyrrole nitrogens is 1. The van der Waals surface area contributed by atoms with Crippen LogP contribution in [-0.2, 0) is 6.42 Å². The lowest BCUT2D eigenvalue weighted by atomic mass is 10.1. The third-order valence-electron chi connectivity index (χ3n) is 3.68. The van der Waals surface area contributed by atoms with Crippen molar-refractivity contribution in [3.05, 3.63) is 30.0 Å². The average Bonchev–Trinajstić information content (AvgIpc) is 2.95. The second-order valence-electron chi connectivity index (χ2n) is 4.98. The summed E-state index contributed by atoms with van der Waals surface area (Å²) in [5, 5.41) is 12.9. The molecule has 6 nitrogen and oxygen atoms in total. The lowest BCUT2D eigenvalue weighted by Gasteiger charge is -2.20. The smallest absolute Gasteiger partial charge is 0.317 e. The van der Waals surface area contributed by atoms with Gasteiger partial charge in [0.15, 0.2) is 0 Å². The number of urea groups is 1. The Balaban J connectivity index is 1.99. The molecular weight excluding hydrogens is 282 g/mol. The summed E-state index contributed by atoms with van der Waals surface area (Å²) in [5.41, 5.74) is 2.13. The van der Waals surface area contributed by atoms with Gasteiger partial charge in [-0.3, -0.25) is 0 Å². The molecule has 0 radical (unpaired) electrons. The Labute approximate surface area is 130 Å². The topological polar surface area (TPSA) is 77.6 Å². The van der Waals surface area contributed by atoms with Crippen LogP contribution >= 0.6 is 0 Å². The first-order valence-corrected chi connectivity index (χ1v) is 7.47. The van der Waals surface area contributed by atoms with Crippen LogP contribution in [0.3, 0.4) is 0 Å². The molecule has 1 heterocycles. The molecule has 1 aromatic heterocycles. The number of carbonyl (C=O) groups is 1. The van der Waals surface area contributed by atoms with E-state index >= 15 is 0 Å². The lowest BCUT2D eigenvalue weighted by molar-refractivity contribution is 0.180. The number of methoxy groups -OCH3 is 1. The van der Waals surface area contributed by atoms with E-state index < -0.39 is 0 Å². The van der Waals surface area contributed by atoms with E-state index in [2.05, 4.69) is 10.3 Å². The molecule has 0 saturated carbocycles. The summed E-state index contributed by atoms with van der Waals surface area (Å²) in [5.74, 6) is 0.829. The number of nitrogens with one attached hydrogen (secondary N) is 2. The number of rotatable bonds is 7. The van der Waals surface area contributed by atoms with Crippen LogP contribution in [0.25, 0.3) is 10.9 Å². The molecule has 0 bridgehead atoms. The Hall–Kier alpha value is -2.21. The molecular formula is C16H23N3O3. The zero-order valence-electron chi connectivity index (χ0n) is 13.1. The first-order valence-electron chi connectivity index (χ1n) is 7.47. The van der Waals surface area contributed by atoms with Crippen molar-refractivity contribution in [2.45, 2.75) is 13.3 Å². The summed E-state index contributed by atoms with van der Waals surface area (Å²) in [6, 6.07) is 5.72. The molecule has 6 heteroatoms. The third kappa shape index (κ3) is 3.51. The zero-order chi connectivity index (χ0) is 15.9. The molecule has 0 unspecified atom stereocenters. The summed E-state index contributed by atoms with van der Waals surface area (Å²) in [7, 11) is 1.65. The van der Waals surface area contributed by atoms with Crippen molar-refractivity contribution >= 4 is 16.9 Å². The Morgan fingerprint density at radius 1 is 1.45 bits per heavy atom. The van der Waals surface area contributed by atoms with E-state index in [1.165, 1.54) is 0 Å². The second kappa shape index (κ2) is 7.70. The number of aromatic amines is 1. The van der Waals surface area contributed by atoms with E-state index in [0.717, 1.165) is 22.2 Å². The van der Waals surface area contributed by atoms with Crippen molar-refractivity contribution < 1.29 is 14.6 Å². The highest BCUT2D eigenvalue weighted by molar-refractivity contribution is 5.89. The second-order valence-corrected chi connectivity index (χ2v) is 4.98. The summed E-state index contributed by atoms with van der Waals surface area (Å²) in [4.78, 5) is 16.7. The van der Waals surface area contributed by atoms with Crippen molar-refractivity contribution in [3.8, 4) is 5.75 Å². The van der Waals surface area contributed by atoms with Gasteiger partial charge in [-0.05, 0) is 31.0 Å². The van der Waals surface area contributed by atoms with Crippen LogP contribution in [0.5, 0.6) is 5.75 Å². The molecule has 0 aliphatic rings. The van der Waals surface area contributed by atoms with Gasteiger partial charge in [-0.15, -0.1) is 0 Å². The Bertz CT molecular complexity index is 624. The lowest BCUT2D eigenvalue weighted by Crippen LogP contribution is -2.42. The van der Waals surface area contributed by atoms with Gasteiger partial charge in [0.05, 0.1) is 13.7 Å². The third-order valence-corrected chi connectivity index (χ3v) is 3.68. The maximum Gasteiger partial charge on any atom is 0.317 e. The van der Waals surface area contributed by atoms with E-state index in [-0.39, 0.29) is 12.6 Å². The number of aliphatic hydroxyl groups is 1. The number of amides is 2. The number of aliphatic hydroxyl groups excluding tert-OH is 1. The first-order chi connectivity index (χ1) is 10.7. The molecule has 2 aromatic rings. The van der Waals surface area contributed by atoms with Crippen LogP contribution in [0.15, 0.2) is 24.4 Å². The van der Waals surface area contributed by atoms with Crippen molar-refractivity contribution in [1.29, 1.82) is 0 Å². The van der Waals surface area contributed by atoms with Gasteiger partial charge in [0, 0.05) is 36.7 Å². The number of fused-ring (bicyclic) bond motifs is 1. The highest BCUT2D eigenvalue weighted by Gasteiger charge is 2.12. The summed E-state index contributed by atoms with van der Waals surface area (Å²) in [6.07, 6.45) is 2.66. The number of hydrogen-bond donors (Lipinski definition) is 3. The zero-order valence-corrected chi connectivity index (χ0v) is 13.1. The maximum absolute atomic E-state index is 12.0. The fourth-order valence-electron chi connectivity index (χ4n) is 2.53. The van der Waals surface area contributed by atoms with E-state index in [4.69, 9.17) is 9.84 Å². The van der Waals surface area contributed by atoms with Crippen LogP contribution in [-0.4, -0.2) is 54.4 Å². The molecule has 1 aromatic carbocycles. The van der Waals surface area contributed by atoms with E-state index in [1.807, 2.05) is 31.3 Å². The normalized spacial score (nSPS) is 10.7. The van der Waals surface area contributed by atoms with Crippen LogP contribution in [0.4, 0.5) is 4.79 Å². The van der Waals surface area contributed by atoms with Crippen LogP contribution < -0.4 is 10.1 Å². The Morgan fingerprint density at radius 2 is 2.27 bits per heavy atom. The predicted molar refractivity (Wildman–Crippen MR) is 86.3 cm³/mol. The van der Waals surface area contributed by atoms with Crippen molar-refractivity contribution in [1.82, 2.24) is 15.2 Å². The standard InChI is InChI=1S/C16H23N3O3/c1-3-19(9-10-20)16(21)17-8-7-12-11-18-13-5-4-6-14(22-2)15(12)13/h4-6,11,18,20H,3,7-10H2,1-2H3,(H,17,21). The molecule has 2 amide bonds. The quantitative estimate of drug-likeness (QED) is 0.729. The van der Waals surface area contributed by atoms with Gasteiger partial charge in [-0.2, -0.15) is 0 Å². The van der Waals surface area contributed by atoms with Gasteiger partial charge in [0.1, 0.15) is 5.75 Å².